The molecule has 3 rings (SSSR count). The highest BCUT2D eigenvalue weighted by atomic mass is 32.1. The lowest BCUT2D eigenvalue weighted by molar-refractivity contribution is -0.149. The first kappa shape index (κ1) is 52.2. The molecule has 0 aliphatic carbocycles. The van der Waals surface area contributed by atoms with E-state index in [-0.39, 0.29) is 78.6 Å². The molecule has 9 atom stereocenters. The van der Waals surface area contributed by atoms with Crippen LogP contribution in [0.2, 0.25) is 0 Å². The van der Waals surface area contributed by atoms with Gasteiger partial charge in [-0.1, -0.05) is 85.2 Å². The van der Waals surface area contributed by atoms with Crippen molar-refractivity contribution in [1.82, 2.24) is 19.7 Å². The van der Waals surface area contributed by atoms with E-state index in [1.54, 1.807) is 43.7 Å². The lowest BCUT2D eigenvalue weighted by Gasteiger charge is -2.41. The fourth-order valence-corrected chi connectivity index (χ4v) is 9.98. The van der Waals surface area contributed by atoms with Gasteiger partial charge in [0, 0.05) is 76.5 Å². The van der Waals surface area contributed by atoms with Gasteiger partial charge in [-0.3, -0.25) is 24.1 Å². The molecule has 2 aromatic rings. The van der Waals surface area contributed by atoms with Gasteiger partial charge in [0.05, 0.1) is 61.6 Å². The number of carbonyl (C=O) groups excluding carboxylic acids is 4. The zero-order valence-corrected chi connectivity index (χ0v) is 39.7. The van der Waals surface area contributed by atoms with Gasteiger partial charge in [-0.2, -0.15) is 0 Å². The minimum Gasteiger partial charge on any atom is -0.379 e. The van der Waals surface area contributed by atoms with Gasteiger partial charge in [0.2, 0.25) is 11.8 Å². The van der Waals surface area contributed by atoms with Crippen molar-refractivity contribution in [2.24, 2.45) is 35.5 Å². The molecule has 61 heavy (non-hydrogen) atoms. The van der Waals surface area contributed by atoms with Gasteiger partial charge in [-0.05, 0) is 49.6 Å². The Morgan fingerprint density at radius 3 is 2.20 bits per heavy atom. The van der Waals surface area contributed by atoms with Gasteiger partial charge < -0.3 is 28.8 Å². The van der Waals surface area contributed by atoms with Crippen molar-refractivity contribution in [3.8, 4) is 0 Å². The highest BCUT2D eigenvalue weighted by Gasteiger charge is 2.43. The van der Waals surface area contributed by atoms with Crippen molar-refractivity contribution in [3.63, 3.8) is 0 Å². The minimum atomic E-state index is -0.600. The number of likely N-dealkylation sites (tertiary alicyclic amines) is 1. The maximum atomic E-state index is 14.6. The number of thiazole rings is 1. The number of ketones is 2. The molecule has 2 amide bonds. The number of nitrogens with zero attached hydrogens (tertiary/aromatic N) is 4. The normalized spacial score (nSPS) is 18.5. The average molecular weight is 872 g/mol. The summed E-state index contributed by atoms with van der Waals surface area (Å²) >= 11 is 1.57. The highest BCUT2D eigenvalue weighted by Crippen LogP contribution is 2.33. The van der Waals surface area contributed by atoms with Gasteiger partial charge in [-0.15, -0.1) is 11.3 Å². The lowest BCUT2D eigenvalue weighted by atomic mass is 9.83. The number of hydrogen-bond acceptors (Lipinski definition) is 12. The predicted molar refractivity (Wildman–Crippen MR) is 241 cm³/mol. The molecule has 1 fully saturated rings. The smallest absolute Gasteiger partial charge is 0.226 e. The number of benzene rings is 1. The summed E-state index contributed by atoms with van der Waals surface area (Å²) < 4.78 is 17.8. The molecule has 1 aliphatic rings. The third kappa shape index (κ3) is 15.0. The SMILES string of the molecule is CC[C@H](C)[C@@H]([C@@H](CC(=O)N1CCC[C@H]1[C@H](OC)[C@@H](C)C(=O)C[C@@H](Cc1ccccc1)c1nccs1)OC)N(C)C(=O)[C@@H](CC(=O)[C@H](C(C)C)N(C)CCOCCON)C(C)C. The molecule has 1 saturated heterocycles. The van der Waals surface area contributed by atoms with Crippen LogP contribution in [0.4, 0.5) is 0 Å². The van der Waals surface area contributed by atoms with Crippen LogP contribution in [-0.2, 0) is 44.6 Å². The van der Waals surface area contributed by atoms with Crippen molar-refractivity contribution in [2.75, 3.05) is 61.2 Å². The Hall–Kier alpha value is -3.11. The van der Waals surface area contributed by atoms with E-state index in [0.717, 1.165) is 29.8 Å². The van der Waals surface area contributed by atoms with Crippen molar-refractivity contribution in [1.29, 1.82) is 0 Å². The number of ether oxygens (including phenoxy) is 3. The number of aromatic nitrogens is 1. The molecule has 0 saturated carbocycles. The Morgan fingerprint density at radius 2 is 1.62 bits per heavy atom. The lowest BCUT2D eigenvalue weighted by Crippen LogP contribution is -2.54. The van der Waals surface area contributed by atoms with Gasteiger partial charge in [-0.25, -0.2) is 10.9 Å². The maximum Gasteiger partial charge on any atom is 0.226 e. The number of carbonyl (C=O) groups is 4. The number of hydrogen-bond donors (Lipinski definition) is 1. The van der Waals surface area contributed by atoms with Crippen LogP contribution in [0.5, 0.6) is 0 Å². The van der Waals surface area contributed by atoms with Gasteiger partial charge >= 0.3 is 0 Å². The van der Waals surface area contributed by atoms with E-state index in [1.807, 2.05) is 75.0 Å². The van der Waals surface area contributed by atoms with Crippen molar-refractivity contribution in [2.45, 2.75) is 130 Å². The summed E-state index contributed by atoms with van der Waals surface area (Å²) in [6.07, 6.45) is 4.16. The van der Waals surface area contributed by atoms with Crippen LogP contribution in [0.15, 0.2) is 41.9 Å². The van der Waals surface area contributed by atoms with Crippen LogP contribution in [0.1, 0.15) is 103 Å². The molecule has 13 nitrogen and oxygen atoms in total. The van der Waals surface area contributed by atoms with E-state index in [9.17, 15) is 19.2 Å². The number of amides is 2. The largest absolute Gasteiger partial charge is 0.379 e. The molecule has 344 valence electrons. The Balaban J connectivity index is 1.76. The van der Waals surface area contributed by atoms with Crippen molar-refractivity contribution >= 4 is 34.7 Å². The number of nitrogens with two attached hydrogens (primary N) is 1. The van der Waals surface area contributed by atoms with Gasteiger partial charge in [0.15, 0.2) is 5.78 Å². The second kappa shape index (κ2) is 26.5. The Kier molecular flexibility index (Phi) is 22.7. The zero-order valence-electron chi connectivity index (χ0n) is 38.9. The van der Waals surface area contributed by atoms with Crippen LogP contribution in [-0.4, -0.2) is 135 Å². The van der Waals surface area contributed by atoms with Crippen LogP contribution in [0.25, 0.3) is 0 Å². The second-order valence-electron chi connectivity index (χ2n) is 17.7. The molecule has 0 spiro atoms. The number of likely N-dealkylation sites (N-methyl/N-ethyl adjacent to an activating group) is 2. The number of rotatable bonds is 29. The second-order valence-corrected chi connectivity index (χ2v) is 18.6. The van der Waals surface area contributed by atoms with Crippen LogP contribution in [0, 0.1) is 29.6 Å². The standard InChI is InChI=1S/C47H77N5O8S/c1-12-33(6)44(51(9)47(56)37(31(2)3)29-40(54)43(32(4)5)50(8)22-23-59-24-25-60-48)41(57-10)30-42(55)52-21-16-19-38(52)45(58-11)34(7)39(53)28-36(46-49-20-26-61-46)27-35-17-14-13-15-18-35/h13-15,17-18,20,26,31-34,36-38,41,43-45H,12,16,19,21-25,27-30,48H2,1-11H3/t33-,34-,36+,37-,38-,41+,43-,44-,45+/m0/s1. The molecular weight excluding hydrogens is 795 g/mol. The third-order valence-corrected chi connectivity index (χ3v) is 13.8. The average Bonchev–Trinajstić information content (AvgIpc) is 3.96. The molecule has 1 aliphatic heterocycles. The quantitative estimate of drug-likeness (QED) is 0.0710. The Morgan fingerprint density at radius 1 is 0.918 bits per heavy atom. The molecule has 1 aromatic carbocycles. The van der Waals surface area contributed by atoms with Gasteiger partial charge in [0.1, 0.15) is 5.78 Å². The fraction of sp³-hybridized carbons (Fsp3) is 0.723. The van der Waals surface area contributed by atoms with E-state index < -0.39 is 30.1 Å². The van der Waals surface area contributed by atoms with Gasteiger partial charge in [0.25, 0.3) is 0 Å². The Labute approximate surface area is 370 Å². The van der Waals surface area contributed by atoms with Crippen LogP contribution < -0.4 is 5.90 Å². The summed E-state index contributed by atoms with van der Waals surface area (Å²) in [7, 11) is 6.92. The minimum absolute atomic E-state index is 0.00478. The Bertz CT molecular complexity index is 1600. The molecular formula is C47H77N5O8S. The summed E-state index contributed by atoms with van der Waals surface area (Å²) in [6, 6.07) is 9.08. The highest BCUT2D eigenvalue weighted by molar-refractivity contribution is 7.09. The molecule has 2 heterocycles. The summed E-state index contributed by atoms with van der Waals surface area (Å²) in [6.45, 7) is 16.2. The van der Waals surface area contributed by atoms with E-state index in [0.29, 0.717) is 39.1 Å². The maximum absolute atomic E-state index is 14.6. The van der Waals surface area contributed by atoms with E-state index in [4.69, 9.17) is 20.1 Å². The molecule has 14 heteroatoms. The number of methoxy groups -OCH3 is 2. The number of Topliss-reactive ketones (excluding diaryl/α,β-unsaturated/α-hetero) is 2. The summed E-state index contributed by atoms with van der Waals surface area (Å²) in [5, 5.41) is 2.88. The zero-order chi connectivity index (χ0) is 45.2. The van der Waals surface area contributed by atoms with E-state index >= 15 is 0 Å². The molecule has 0 bridgehead atoms. The first-order valence-electron chi connectivity index (χ1n) is 22.3. The predicted octanol–water partition coefficient (Wildman–Crippen LogP) is 6.44. The summed E-state index contributed by atoms with van der Waals surface area (Å²) in [5.41, 5.74) is 1.15. The van der Waals surface area contributed by atoms with Crippen LogP contribution >= 0.6 is 11.3 Å². The molecule has 0 radical (unpaired) electrons. The molecule has 0 unspecified atom stereocenters. The fourth-order valence-electron chi connectivity index (χ4n) is 9.24. The summed E-state index contributed by atoms with van der Waals surface area (Å²) in [5.74, 6) is 3.82. The third-order valence-electron chi connectivity index (χ3n) is 12.8. The first-order valence-corrected chi connectivity index (χ1v) is 23.2. The van der Waals surface area contributed by atoms with E-state index in [1.165, 1.54) is 0 Å². The van der Waals surface area contributed by atoms with E-state index in [2.05, 4.69) is 35.8 Å². The van der Waals surface area contributed by atoms with Crippen LogP contribution in [0.3, 0.4) is 0 Å². The molecule has 1 aromatic heterocycles. The topological polar surface area (TPSA) is 154 Å². The first-order chi connectivity index (χ1) is 29.1. The monoisotopic (exact) mass is 872 g/mol. The summed E-state index contributed by atoms with van der Waals surface area (Å²) in [4.78, 5) is 71.9. The molecule has 2 N–H and O–H groups in total. The van der Waals surface area contributed by atoms with Crippen molar-refractivity contribution in [3.05, 3.63) is 52.5 Å². The van der Waals surface area contributed by atoms with Crippen molar-refractivity contribution < 1.29 is 38.2 Å².